The van der Waals surface area contributed by atoms with Crippen LogP contribution in [-0.4, -0.2) is 35.5 Å². The summed E-state index contributed by atoms with van der Waals surface area (Å²) in [6.45, 7) is 3.79. The summed E-state index contributed by atoms with van der Waals surface area (Å²) in [6, 6.07) is 0. The van der Waals surface area contributed by atoms with Crippen LogP contribution < -0.4 is 0 Å². The van der Waals surface area contributed by atoms with E-state index in [-0.39, 0.29) is 12.1 Å². The Labute approximate surface area is 158 Å². The molecule has 0 aromatic carbocycles. The van der Waals surface area contributed by atoms with E-state index in [1.807, 2.05) is 16.7 Å². The van der Waals surface area contributed by atoms with Gasteiger partial charge in [0.05, 0.1) is 12.4 Å². The van der Waals surface area contributed by atoms with Crippen molar-refractivity contribution in [3.8, 4) is 0 Å². The Kier molecular flexibility index (Phi) is 6.37. The van der Waals surface area contributed by atoms with Gasteiger partial charge in [-0.05, 0) is 56.1 Å². The molecule has 0 atom stereocenters. The van der Waals surface area contributed by atoms with E-state index in [0.717, 1.165) is 49.0 Å². The number of hydrogen-bond donors (Lipinski definition) is 2. The molecule has 27 heavy (non-hydrogen) atoms. The summed E-state index contributed by atoms with van der Waals surface area (Å²) in [5.74, 6) is 0.709. The molecule has 8 heteroatoms. The molecule has 0 bridgehead atoms. The predicted molar refractivity (Wildman–Crippen MR) is 106 cm³/mol. The van der Waals surface area contributed by atoms with Crippen LogP contribution in [0.15, 0.2) is 49.7 Å². The van der Waals surface area contributed by atoms with Crippen LogP contribution in [-0.2, 0) is 4.57 Å². The van der Waals surface area contributed by atoms with E-state index >= 15 is 0 Å². The number of hydrogen-bond acceptors (Lipinski definition) is 4. The van der Waals surface area contributed by atoms with Gasteiger partial charge in [-0.2, -0.15) is 0 Å². The zero-order valence-electron chi connectivity index (χ0n) is 15.2. The highest BCUT2D eigenvalue weighted by molar-refractivity contribution is 7.51. The molecule has 2 aromatic heterocycles. The van der Waals surface area contributed by atoms with Gasteiger partial charge in [0.15, 0.2) is 5.65 Å². The van der Waals surface area contributed by atoms with Crippen molar-refractivity contribution in [1.29, 1.82) is 0 Å². The minimum absolute atomic E-state index is 0.0251. The molecule has 1 saturated carbocycles. The van der Waals surface area contributed by atoms with Crippen LogP contribution >= 0.6 is 7.60 Å². The standard InChI is InChI=1S/C19H25N4O3P/c1-2-4-17(23-14-22-18-11-20-13-21-19(18)23)6-3-5-15-7-9-16(10-8-15)12-27(24,25)26/h2-4,6,11,13-16H,1,5,7-10,12H2,(H2,24,25,26)/b6-3-,17-4+. The lowest BCUT2D eigenvalue weighted by molar-refractivity contribution is 0.278. The number of rotatable bonds is 7. The molecule has 1 aliphatic rings. The van der Waals surface area contributed by atoms with E-state index in [1.54, 1.807) is 18.6 Å². The molecule has 144 valence electrons. The lowest BCUT2D eigenvalue weighted by Crippen LogP contribution is -2.17. The van der Waals surface area contributed by atoms with Crippen LogP contribution in [0.25, 0.3) is 16.9 Å². The van der Waals surface area contributed by atoms with Gasteiger partial charge in [-0.25, -0.2) is 15.0 Å². The van der Waals surface area contributed by atoms with Crippen molar-refractivity contribution in [3.05, 3.63) is 49.7 Å². The molecule has 7 nitrogen and oxygen atoms in total. The van der Waals surface area contributed by atoms with Crippen molar-refractivity contribution < 1.29 is 14.4 Å². The zero-order valence-corrected chi connectivity index (χ0v) is 16.1. The first kappa shape index (κ1) is 19.7. The second kappa shape index (κ2) is 8.74. The summed E-state index contributed by atoms with van der Waals surface area (Å²) < 4.78 is 13.1. The molecule has 0 spiro atoms. The molecule has 0 amide bonds. The number of allylic oxidation sites excluding steroid dienone is 5. The van der Waals surface area contributed by atoms with Crippen LogP contribution in [0.3, 0.4) is 0 Å². The summed E-state index contributed by atoms with van der Waals surface area (Å²) in [5.41, 5.74) is 2.42. The van der Waals surface area contributed by atoms with Crippen molar-refractivity contribution in [2.75, 3.05) is 6.16 Å². The highest BCUT2D eigenvalue weighted by Crippen LogP contribution is 2.42. The molecule has 1 aliphatic carbocycles. The number of nitrogens with zero attached hydrogens (tertiary/aromatic N) is 4. The van der Waals surface area contributed by atoms with E-state index in [1.165, 1.54) is 6.33 Å². The van der Waals surface area contributed by atoms with Crippen LogP contribution in [0.5, 0.6) is 0 Å². The molecule has 2 N–H and O–H groups in total. The van der Waals surface area contributed by atoms with Gasteiger partial charge in [-0.15, -0.1) is 0 Å². The van der Waals surface area contributed by atoms with Gasteiger partial charge >= 0.3 is 7.60 Å². The topological polar surface area (TPSA) is 101 Å². The smallest absolute Gasteiger partial charge is 0.324 e. The SMILES string of the molecule is C=C/C=C(\C=C/CC1CCC(CP(=O)(O)O)CC1)n1cnc2cncnc21. The van der Waals surface area contributed by atoms with Crippen LogP contribution in [0.4, 0.5) is 0 Å². The molecule has 3 rings (SSSR count). The molecule has 0 saturated heterocycles. The predicted octanol–water partition coefficient (Wildman–Crippen LogP) is 3.78. The third-order valence-electron chi connectivity index (χ3n) is 5.00. The minimum atomic E-state index is -3.89. The third-order valence-corrected chi connectivity index (χ3v) is 5.99. The highest BCUT2D eigenvalue weighted by atomic mass is 31.2. The van der Waals surface area contributed by atoms with Gasteiger partial charge in [0, 0.05) is 5.70 Å². The van der Waals surface area contributed by atoms with Crippen molar-refractivity contribution in [2.24, 2.45) is 11.8 Å². The Bertz CT molecular complexity index is 891. The lowest BCUT2D eigenvalue weighted by atomic mass is 9.81. The normalized spacial score (nSPS) is 21.8. The van der Waals surface area contributed by atoms with E-state index in [0.29, 0.717) is 5.92 Å². The molecular formula is C19H25N4O3P. The Balaban J connectivity index is 1.60. The molecular weight excluding hydrogens is 363 g/mol. The van der Waals surface area contributed by atoms with Gasteiger partial charge in [-0.1, -0.05) is 18.7 Å². The van der Waals surface area contributed by atoms with Gasteiger partial charge < -0.3 is 9.79 Å². The minimum Gasteiger partial charge on any atom is -0.324 e. The maximum absolute atomic E-state index is 11.1. The summed E-state index contributed by atoms with van der Waals surface area (Å²) >= 11 is 0. The lowest BCUT2D eigenvalue weighted by Gasteiger charge is -2.27. The fraction of sp³-hybridized carbons (Fsp3) is 0.421. The molecule has 1 fully saturated rings. The Morgan fingerprint density at radius 3 is 2.70 bits per heavy atom. The fourth-order valence-electron chi connectivity index (χ4n) is 3.66. The zero-order chi connectivity index (χ0) is 19.3. The van der Waals surface area contributed by atoms with E-state index < -0.39 is 7.60 Å². The summed E-state index contributed by atoms with van der Waals surface area (Å²) in [7, 11) is -3.89. The number of imidazole rings is 1. The van der Waals surface area contributed by atoms with Crippen molar-refractivity contribution >= 4 is 24.5 Å². The van der Waals surface area contributed by atoms with E-state index in [4.69, 9.17) is 9.79 Å². The first-order valence-corrected chi connectivity index (χ1v) is 10.9. The first-order chi connectivity index (χ1) is 13.0. The fourth-order valence-corrected chi connectivity index (χ4v) is 4.70. The second-order valence-corrected chi connectivity index (χ2v) is 8.74. The van der Waals surface area contributed by atoms with E-state index in [2.05, 4.69) is 27.6 Å². The average Bonchev–Trinajstić information content (AvgIpc) is 3.05. The van der Waals surface area contributed by atoms with Crippen LogP contribution in [0.1, 0.15) is 32.1 Å². The molecule has 0 radical (unpaired) electrons. The van der Waals surface area contributed by atoms with Gasteiger partial charge in [0.25, 0.3) is 0 Å². The number of fused-ring (bicyclic) bond motifs is 1. The largest absolute Gasteiger partial charge is 0.325 e. The summed E-state index contributed by atoms with van der Waals surface area (Å²) in [5, 5.41) is 0. The van der Waals surface area contributed by atoms with Gasteiger partial charge in [-0.3, -0.25) is 9.13 Å². The molecule has 2 heterocycles. The van der Waals surface area contributed by atoms with E-state index in [9.17, 15) is 4.57 Å². The van der Waals surface area contributed by atoms with Crippen LogP contribution in [0.2, 0.25) is 0 Å². The summed E-state index contributed by atoms with van der Waals surface area (Å²) in [4.78, 5) is 30.9. The second-order valence-electron chi connectivity index (χ2n) is 7.05. The summed E-state index contributed by atoms with van der Waals surface area (Å²) in [6.07, 6.45) is 17.5. The third kappa shape index (κ3) is 5.45. The highest BCUT2D eigenvalue weighted by Gasteiger charge is 2.26. The number of aromatic nitrogens is 4. The Hall–Kier alpha value is -2.08. The van der Waals surface area contributed by atoms with Crippen LogP contribution in [0, 0.1) is 11.8 Å². The molecule has 2 aromatic rings. The average molecular weight is 388 g/mol. The Morgan fingerprint density at radius 1 is 1.26 bits per heavy atom. The quantitative estimate of drug-likeness (QED) is 0.553. The maximum Gasteiger partial charge on any atom is 0.325 e. The van der Waals surface area contributed by atoms with Crippen molar-refractivity contribution in [1.82, 2.24) is 19.5 Å². The molecule has 0 aliphatic heterocycles. The van der Waals surface area contributed by atoms with Gasteiger partial charge in [0.2, 0.25) is 0 Å². The van der Waals surface area contributed by atoms with Crippen molar-refractivity contribution in [3.63, 3.8) is 0 Å². The molecule has 0 unspecified atom stereocenters. The first-order valence-electron chi connectivity index (χ1n) is 9.13. The Morgan fingerprint density at radius 2 is 2.00 bits per heavy atom. The van der Waals surface area contributed by atoms with Gasteiger partial charge in [0.1, 0.15) is 18.2 Å². The monoisotopic (exact) mass is 388 g/mol. The van der Waals surface area contributed by atoms with Crippen molar-refractivity contribution in [2.45, 2.75) is 32.1 Å². The maximum atomic E-state index is 11.1.